The summed E-state index contributed by atoms with van der Waals surface area (Å²) in [5.74, 6) is 1.66. The summed E-state index contributed by atoms with van der Waals surface area (Å²) in [6.07, 6.45) is 3.29. The smallest absolute Gasteiger partial charge is 0.307 e. The maximum atomic E-state index is 12.1. The molecule has 2 bridgehead atoms. The van der Waals surface area contributed by atoms with Crippen LogP contribution < -0.4 is 0 Å². The Morgan fingerprint density at radius 3 is 2.60 bits per heavy atom. The van der Waals surface area contributed by atoms with Gasteiger partial charge < -0.3 is 4.74 Å². The second kappa shape index (κ2) is 5.64. The van der Waals surface area contributed by atoms with E-state index in [0.717, 1.165) is 18.4 Å². The topological polar surface area (TPSA) is 32.8 Å². The lowest BCUT2D eigenvalue weighted by Gasteiger charge is -2.49. The maximum Gasteiger partial charge on any atom is 0.307 e. The van der Waals surface area contributed by atoms with E-state index in [1.165, 1.54) is 32.5 Å². The molecule has 4 fully saturated rings. The minimum absolute atomic E-state index is 0.00195. The molecule has 114 valence electrons. The summed E-state index contributed by atoms with van der Waals surface area (Å²) in [7, 11) is 0. The van der Waals surface area contributed by atoms with Crippen LogP contribution in [0.2, 0.25) is 0 Å². The fourth-order valence-electron chi connectivity index (χ4n) is 4.70. The highest BCUT2D eigenvalue weighted by molar-refractivity contribution is 5.70. The number of ether oxygens (including phenoxy) is 1. The summed E-state index contributed by atoms with van der Waals surface area (Å²) in [6.45, 7) is 10.8. The summed E-state index contributed by atoms with van der Waals surface area (Å²) in [5, 5.41) is 0. The standard InChI is InChI=1S/C16H28N2O2/c1-4-17-10-13-12-5-7-18(8-6-12)16(13)14(17)9-15(19)20-11(2)3/h11-14,16H,4-10H2,1-3H3. The molecule has 0 spiro atoms. The predicted molar refractivity (Wildman–Crippen MR) is 78.5 cm³/mol. The second-order valence-corrected chi connectivity index (χ2v) is 6.93. The summed E-state index contributed by atoms with van der Waals surface area (Å²) in [5.41, 5.74) is 0. The minimum Gasteiger partial charge on any atom is -0.463 e. The first-order valence-electron chi connectivity index (χ1n) is 8.27. The summed E-state index contributed by atoms with van der Waals surface area (Å²) in [4.78, 5) is 17.3. The molecular weight excluding hydrogens is 252 g/mol. The van der Waals surface area contributed by atoms with E-state index in [0.29, 0.717) is 18.5 Å². The molecule has 4 aliphatic heterocycles. The fourth-order valence-corrected chi connectivity index (χ4v) is 4.70. The van der Waals surface area contributed by atoms with Gasteiger partial charge in [0.25, 0.3) is 0 Å². The zero-order valence-corrected chi connectivity index (χ0v) is 13.0. The number of hydrogen-bond acceptors (Lipinski definition) is 4. The van der Waals surface area contributed by atoms with E-state index in [2.05, 4.69) is 16.7 Å². The molecule has 0 aromatic rings. The third-order valence-corrected chi connectivity index (χ3v) is 5.50. The van der Waals surface area contributed by atoms with Crippen molar-refractivity contribution in [2.75, 3.05) is 26.2 Å². The Bertz CT molecular complexity index is 363. The van der Waals surface area contributed by atoms with Gasteiger partial charge in [-0.15, -0.1) is 0 Å². The van der Waals surface area contributed by atoms with Gasteiger partial charge in [-0.25, -0.2) is 0 Å². The molecule has 3 unspecified atom stereocenters. The van der Waals surface area contributed by atoms with Crippen molar-refractivity contribution >= 4 is 5.97 Å². The van der Waals surface area contributed by atoms with Gasteiger partial charge >= 0.3 is 5.97 Å². The number of nitrogens with zero attached hydrogens (tertiary/aromatic N) is 2. The third-order valence-electron chi connectivity index (χ3n) is 5.50. The van der Waals surface area contributed by atoms with Crippen LogP contribution in [-0.4, -0.2) is 60.1 Å². The van der Waals surface area contributed by atoms with Crippen LogP contribution in [0.5, 0.6) is 0 Å². The van der Waals surface area contributed by atoms with Crippen LogP contribution in [0.15, 0.2) is 0 Å². The molecule has 4 nitrogen and oxygen atoms in total. The molecule has 4 rings (SSSR count). The van der Waals surface area contributed by atoms with Crippen molar-refractivity contribution in [2.45, 2.75) is 58.2 Å². The van der Waals surface area contributed by atoms with E-state index in [9.17, 15) is 4.79 Å². The number of likely N-dealkylation sites (N-methyl/N-ethyl adjacent to an activating group) is 1. The average molecular weight is 280 g/mol. The fraction of sp³-hybridized carbons (Fsp3) is 0.938. The van der Waals surface area contributed by atoms with Crippen molar-refractivity contribution in [2.24, 2.45) is 11.8 Å². The van der Waals surface area contributed by atoms with Gasteiger partial charge in [-0.3, -0.25) is 14.6 Å². The van der Waals surface area contributed by atoms with Gasteiger partial charge in [0.05, 0.1) is 12.5 Å². The quantitative estimate of drug-likeness (QED) is 0.735. The van der Waals surface area contributed by atoms with E-state index in [1.807, 2.05) is 13.8 Å². The Labute approximate surface area is 122 Å². The van der Waals surface area contributed by atoms with Gasteiger partial charge in [-0.2, -0.15) is 0 Å². The molecule has 0 saturated carbocycles. The molecule has 0 amide bonds. The predicted octanol–water partition coefficient (Wildman–Crippen LogP) is 1.74. The second-order valence-electron chi connectivity index (χ2n) is 6.93. The highest BCUT2D eigenvalue weighted by atomic mass is 16.5. The molecular formula is C16H28N2O2. The third kappa shape index (κ3) is 2.48. The Morgan fingerprint density at radius 2 is 2.00 bits per heavy atom. The first kappa shape index (κ1) is 14.3. The van der Waals surface area contributed by atoms with E-state index in [4.69, 9.17) is 4.74 Å². The van der Waals surface area contributed by atoms with Crippen molar-refractivity contribution in [1.29, 1.82) is 0 Å². The number of carbonyl (C=O) groups excluding carboxylic acids is 1. The van der Waals surface area contributed by atoms with Gasteiger partial charge in [0.1, 0.15) is 0 Å². The Kier molecular flexibility index (Phi) is 4.04. The summed E-state index contributed by atoms with van der Waals surface area (Å²) >= 11 is 0. The van der Waals surface area contributed by atoms with Crippen LogP contribution >= 0.6 is 0 Å². The van der Waals surface area contributed by atoms with E-state index >= 15 is 0 Å². The number of rotatable bonds is 4. The van der Waals surface area contributed by atoms with Crippen molar-refractivity contribution in [1.82, 2.24) is 9.80 Å². The monoisotopic (exact) mass is 280 g/mol. The van der Waals surface area contributed by atoms with Crippen LogP contribution in [0.1, 0.15) is 40.0 Å². The Balaban J connectivity index is 1.72. The lowest BCUT2D eigenvalue weighted by molar-refractivity contribution is -0.149. The largest absolute Gasteiger partial charge is 0.463 e. The maximum absolute atomic E-state index is 12.1. The number of carbonyl (C=O) groups is 1. The number of esters is 1. The van der Waals surface area contributed by atoms with Crippen LogP contribution in [-0.2, 0) is 9.53 Å². The van der Waals surface area contributed by atoms with Crippen LogP contribution in [0.25, 0.3) is 0 Å². The van der Waals surface area contributed by atoms with Crippen LogP contribution in [0, 0.1) is 11.8 Å². The summed E-state index contributed by atoms with van der Waals surface area (Å²) in [6, 6.07) is 0.974. The zero-order valence-electron chi connectivity index (χ0n) is 13.0. The molecule has 20 heavy (non-hydrogen) atoms. The molecule has 0 aromatic carbocycles. The van der Waals surface area contributed by atoms with Crippen molar-refractivity contribution in [3.05, 3.63) is 0 Å². The molecule has 4 saturated heterocycles. The lowest BCUT2D eigenvalue weighted by atomic mass is 9.73. The Morgan fingerprint density at radius 1 is 1.30 bits per heavy atom. The normalized spacial score (nSPS) is 40.1. The first-order valence-corrected chi connectivity index (χ1v) is 8.27. The average Bonchev–Trinajstić information content (AvgIpc) is 2.80. The van der Waals surface area contributed by atoms with Crippen LogP contribution in [0.3, 0.4) is 0 Å². The molecule has 0 N–H and O–H groups in total. The lowest BCUT2D eigenvalue weighted by Crippen LogP contribution is -2.57. The SMILES string of the molecule is CCN1CC2C3CCN(CC3)C2C1CC(=O)OC(C)C. The molecule has 4 heterocycles. The summed E-state index contributed by atoms with van der Waals surface area (Å²) < 4.78 is 5.38. The van der Waals surface area contributed by atoms with E-state index in [1.54, 1.807) is 0 Å². The number of likely N-dealkylation sites (tertiary alicyclic amines) is 1. The van der Waals surface area contributed by atoms with E-state index in [-0.39, 0.29) is 12.1 Å². The molecule has 4 heteroatoms. The molecule has 0 aromatic heterocycles. The van der Waals surface area contributed by atoms with Gasteiger partial charge in [-0.1, -0.05) is 6.92 Å². The number of fused-ring (bicyclic) bond motifs is 2. The Hall–Kier alpha value is -0.610. The van der Waals surface area contributed by atoms with Crippen LogP contribution in [0.4, 0.5) is 0 Å². The van der Waals surface area contributed by atoms with Crippen molar-refractivity contribution < 1.29 is 9.53 Å². The first-order chi connectivity index (χ1) is 9.60. The van der Waals surface area contributed by atoms with Gasteiger partial charge in [-0.05, 0) is 58.2 Å². The molecule has 0 radical (unpaired) electrons. The van der Waals surface area contributed by atoms with Crippen molar-refractivity contribution in [3.8, 4) is 0 Å². The van der Waals surface area contributed by atoms with Gasteiger partial charge in [0.15, 0.2) is 0 Å². The van der Waals surface area contributed by atoms with Gasteiger partial charge in [0, 0.05) is 18.6 Å². The number of piperidine rings is 3. The highest BCUT2D eigenvalue weighted by Gasteiger charge is 2.52. The number of hydrogen-bond donors (Lipinski definition) is 0. The molecule has 4 aliphatic rings. The zero-order chi connectivity index (χ0) is 14.3. The highest BCUT2D eigenvalue weighted by Crippen LogP contribution is 2.44. The van der Waals surface area contributed by atoms with E-state index < -0.39 is 0 Å². The minimum atomic E-state index is -0.0215. The van der Waals surface area contributed by atoms with Gasteiger partial charge in [0.2, 0.25) is 0 Å². The molecule has 0 aliphatic carbocycles. The van der Waals surface area contributed by atoms with Crippen molar-refractivity contribution in [3.63, 3.8) is 0 Å². The molecule has 3 atom stereocenters.